The predicted octanol–water partition coefficient (Wildman–Crippen LogP) is 2.79. The fourth-order valence-electron chi connectivity index (χ4n) is 0.580. The maximum atomic E-state index is 10.1. The molecule has 2 nitrogen and oxygen atoms in total. The summed E-state index contributed by atoms with van der Waals surface area (Å²) in [7, 11) is 0. The average Bonchev–Trinajstić information content (AvgIpc) is 2.06. The van der Waals surface area contributed by atoms with Crippen molar-refractivity contribution in [3.8, 4) is 6.07 Å². The van der Waals surface area contributed by atoms with Crippen molar-refractivity contribution in [3.05, 3.63) is 34.3 Å². The van der Waals surface area contributed by atoms with Crippen molar-refractivity contribution in [3.63, 3.8) is 0 Å². The van der Waals surface area contributed by atoms with E-state index in [0.29, 0.717) is 5.56 Å². The molecule has 0 unspecified atom stereocenters. The molecule has 0 aromatic heterocycles. The Morgan fingerprint density at radius 1 is 1.58 bits per heavy atom. The number of nitriles is 1. The van der Waals surface area contributed by atoms with Crippen LogP contribution < -0.4 is 0 Å². The van der Waals surface area contributed by atoms with Gasteiger partial charge in [-0.2, -0.15) is 5.26 Å². The number of hydrogen-bond acceptors (Lipinski definition) is 2. The Hall–Kier alpha value is -1.14. The van der Waals surface area contributed by atoms with Crippen LogP contribution in [0.3, 0.4) is 0 Å². The number of hydrogen-bond donors (Lipinski definition) is 0. The minimum atomic E-state index is 0.698. The van der Waals surface area contributed by atoms with Crippen LogP contribution in [0, 0.1) is 11.3 Å². The smallest absolute Gasteiger partial charge is 0.150 e. The van der Waals surface area contributed by atoms with Crippen LogP contribution in [-0.2, 0) is 0 Å². The lowest BCUT2D eigenvalue weighted by molar-refractivity contribution is 0.112. The molecule has 0 N–H and O–H groups in total. The Morgan fingerprint density at radius 3 is 2.50 bits per heavy atom. The Labute approximate surface area is 80.0 Å². The molecule has 12 heavy (non-hydrogen) atoms. The predicted molar refractivity (Wildman–Crippen MR) is 50.8 cm³/mol. The molecule has 0 aliphatic heterocycles. The first-order valence-electron chi connectivity index (χ1n) is 3.26. The second kappa shape index (κ2) is 6.56. The van der Waals surface area contributed by atoms with Crippen LogP contribution in [0.4, 0.5) is 0 Å². The zero-order chi connectivity index (χ0) is 9.40. The zero-order valence-electron chi connectivity index (χ0n) is 6.62. The van der Waals surface area contributed by atoms with E-state index in [1.54, 1.807) is 18.2 Å². The van der Waals surface area contributed by atoms with Gasteiger partial charge in [-0.15, -0.1) is 0 Å². The van der Waals surface area contributed by atoms with Crippen LogP contribution in [0.15, 0.2) is 28.7 Å². The summed E-state index contributed by atoms with van der Waals surface area (Å²) in [4.78, 5) is 10.1. The van der Waals surface area contributed by atoms with Crippen LogP contribution in [-0.4, -0.2) is 6.29 Å². The summed E-state index contributed by atoms with van der Waals surface area (Å²) in [6.45, 7) is 1.43. The monoisotopic (exact) mass is 225 g/mol. The summed E-state index contributed by atoms with van der Waals surface area (Å²) in [6.07, 6.45) is 0.824. The maximum absolute atomic E-state index is 10.1. The van der Waals surface area contributed by atoms with E-state index in [2.05, 4.69) is 15.9 Å². The normalized spacial score (nSPS) is 7.42. The average molecular weight is 226 g/mol. The van der Waals surface area contributed by atoms with Gasteiger partial charge in [-0.1, -0.05) is 28.1 Å². The lowest BCUT2D eigenvalue weighted by Gasteiger charge is -1.88. The molecule has 62 valence electrons. The molecule has 0 bridgehead atoms. The summed E-state index contributed by atoms with van der Waals surface area (Å²) in [5, 5.41) is 7.32. The van der Waals surface area contributed by atoms with E-state index in [0.717, 1.165) is 10.8 Å². The third kappa shape index (κ3) is 4.64. The van der Waals surface area contributed by atoms with E-state index in [1.165, 1.54) is 6.92 Å². The quantitative estimate of drug-likeness (QED) is 0.690. The second-order valence-corrected chi connectivity index (χ2v) is 2.81. The van der Waals surface area contributed by atoms with Crippen molar-refractivity contribution in [2.45, 2.75) is 6.92 Å². The number of benzene rings is 1. The molecule has 0 aliphatic rings. The van der Waals surface area contributed by atoms with E-state index in [4.69, 9.17) is 5.26 Å². The summed E-state index contributed by atoms with van der Waals surface area (Å²) >= 11 is 3.24. The van der Waals surface area contributed by atoms with Crippen molar-refractivity contribution in [2.24, 2.45) is 0 Å². The van der Waals surface area contributed by atoms with Gasteiger partial charge in [0.2, 0.25) is 0 Å². The Balaban J connectivity index is 0.000000354. The SMILES string of the molecule is CC#N.O=Cc1cccc(Br)c1. The Bertz CT molecular complexity index is 291. The van der Waals surface area contributed by atoms with Gasteiger partial charge in [0.1, 0.15) is 6.29 Å². The zero-order valence-corrected chi connectivity index (χ0v) is 8.21. The number of nitrogens with zero attached hydrogens (tertiary/aromatic N) is 1. The molecule has 0 atom stereocenters. The fraction of sp³-hybridized carbons (Fsp3) is 0.111. The lowest BCUT2D eigenvalue weighted by atomic mass is 10.2. The summed E-state index contributed by atoms with van der Waals surface area (Å²) in [5.41, 5.74) is 0.698. The van der Waals surface area contributed by atoms with Gasteiger partial charge >= 0.3 is 0 Å². The molecule has 3 heteroatoms. The van der Waals surface area contributed by atoms with Gasteiger partial charge in [-0.25, -0.2) is 0 Å². The Morgan fingerprint density at radius 2 is 2.17 bits per heavy atom. The van der Waals surface area contributed by atoms with Crippen LogP contribution in [0.5, 0.6) is 0 Å². The van der Waals surface area contributed by atoms with E-state index >= 15 is 0 Å². The fourth-order valence-corrected chi connectivity index (χ4v) is 0.997. The molecule has 0 saturated heterocycles. The largest absolute Gasteiger partial charge is 0.298 e. The maximum Gasteiger partial charge on any atom is 0.150 e. The van der Waals surface area contributed by atoms with Gasteiger partial charge in [0.05, 0.1) is 6.07 Å². The molecule has 0 saturated carbocycles. The summed E-state index contributed by atoms with van der Waals surface area (Å²) in [5.74, 6) is 0. The van der Waals surface area contributed by atoms with E-state index in [9.17, 15) is 4.79 Å². The third-order valence-corrected chi connectivity index (χ3v) is 1.48. The van der Waals surface area contributed by atoms with Crippen molar-refractivity contribution in [1.29, 1.82) is 5.26 Å². The molecule has 1 aromatic rings. The molecule has 0 fully saturated rings. The molecule has 0 aliphatic carbocycles. The van der Waals surface area contributed by atoms with Crippen molar-refractivity contribution >= 4 is 22.2 Å². The first-order valence-corrected chi connectivity index (χ1v) is 4.05. The van der Waals surface area contributed by atoms with Gasteiger partial charge in [-0.05, 0) is 12.1 Å². The molecule has 0 radical (unpaired) electrons. The van der Waals surface area contributed by atoms with E-state index in [-0.39, 0.29) is 0 Å². The minimum Gasteiger partial charge on any atom is -0.298 e. The molecule has 0 heterocycles. The number of halogens is 1. The van der Waals surface area contributed by atoms with Crippen molar-refractivity contribution in [2.75, 3.05) is 0 Å². The van der Waals surface area contributed by atoms with Crippen molar-refractivity contribution < 1.29 is 4.79 Å². The van der Waals surface area contributed by atoms with Crippen LogP contribution in [0.2, 0.25) is 0 Å². The van der Waals surface area contributed by atoms with Gasteiger partial charge < -0.3 is 0 Å². The molecular weight excluding hydrogens is 218 g/mol. The first kappa shape index (κ1) is 10.9. The van der Waals surface area contributed by atoms with E-state index in [1.807, 2.05) is 12.1 Å². The van der Waals surface area contributed by atoms with Gasteiger partial charge in [0, 0.05) is 17.0 Å². The third-order valence-electron chi connectivity index (χ3n) is 0.985. The highest BCUT2D eigenvalue weighted by molar-refractivity contribution is 9.10. The lowest BCUT2D eigenvalue weighted by Crippen LogP contribution is -1.75. The first-order chi connectivity index (χ1) is 5.74. The molecule has 1 aromatic carbocycles. The summed E-state index contributed by atoms with van der Waals surface area (Å²) in [6, 6.07) is 8.99. The topological polar surface area (TPSA) is 40.9 Å². The van der Waals surface area contributed by atoms with Crippen LogP contribution >= 0.6 is 15.9 Å². The highest BCUT2D eigenvalue weighted by Crippen LogP contribution is 2.09. The summed E-state index contributed by atoms with van der Waals surface area (Å²) < 4.78 is 0.937. The molecular formula is C9H8BrNO. The van der Waals surface area contributed by atoms with Gasteiger partial charge in [-0.3, -0.25) is 4.79 Å². The van der Waals surface area contributed by atoms with Crippen molar-refractivity contribution in [1.82, 2.24) is 0 Å². The van der Waals surface area contributed by atoms with Crippen LogP contribution in [0.1, 0.15) is 17.3 Å². The highest BCUT2D eigenvalue weighted by atomic mass is 79.9. The minimum absolute atomic E-state index is 0.698. The highest BCUT2D eigenvalue weighted by Gasteiger charge is 1.87. The molecule has 0 amide bonds. The Kier molecular flexibility index (Phi) is 5.94. The number of rotatable bonds is 1. The second-order valence-electron chi connectivity index (χ2n) is 1.90. The number of carbonyl (C=O) groups is 1. The molecule has 1 rings (SSSR count). The number of aldehydes is 1. The van der Waals surface area contributed by atoms with Gasteiger partial charge in [0.25, 0.3) is 0 Å². The van der Waals surface area contributed by atoms with Crippen LogP contribution in [0.25, 0.3) is 0 Å². The standard InChI is InChI=1S/C7H5BrO.C2H3N/c8-7-3-1-2-6(4-7)5-9;1-2-3/h1-5H;1H3. The van der Waals surface area contributed by atoms with Gasteiger partial charge in [0.15, 0.2) is 0 Å². The van der Waals surface area contributed by atoms with E-state index < -0.39 is 0 Å². The number of carbonyl (C=O) groups excluding carboxylic acids is 1. The molecule has 0 spiro atoms.